The van der Waals surface area contributed by atoms with Gasteiger partial charge in [-0.15, -0.1) is 23.1 Å². The summed E-state index contributed by atoms with van der Waals surface area (Å²) in [5.41, 5.74) is 0. The molecule has 6 heterocycles. The summed E-state index contributed by atoms with van der Waals surface area (Å²) in [6, 6.07) is 1.42. The van der Waals surface area contributed by atoms with Gasteiger partial charge in [0, 0.05) is 60.2 Å². The standard InChI is InChI=1S/C34H44Cl2N6O8S4/c35-29-7-1-4-25(51-29)10-14-53(47,48)37-27-5-2-12-39(33(27)45)21-31(43)41-17-23-16-24(18-41)20-42(19-23)32(44)22-40-13-3-6-28(34(40)46)38-54(49,50)15-11-26-8-9-30(36)52-26/h7-11,14-15,23-25,27-28,37-38H,1-6,12-13,16-22H2/b14-10+,15-11+/t23?,24?,25?,27-,28?/m0/s1. The van der Waals surface area contributed by atoms with E-state index in [1.165, 1.54) is 39.0 Å². The van der Waals surface area contributed by atoms with Crippen LogP contribution in [0.4, 0.5) is 0 Å². The molecule has 6 rings (SSSR count). The lowest BCUT2D eigenvalue weighted by Gasteiger charge is -2.46. The number of carbonyl (C=O) groups excluding carboxylic acids is 4. The van der Waals surface area contributed by atoms with Crippen LogP contribution in [-0.2, 0) is 39.2 Å². The monoisotopic (exact) mass is 862 g/mol. The van der Waals surface area contributed by atoms with E-state index in [9.17, 15) is 36.0 Å². The van der Waals surface area contributed by atoms with Crippen LogP contribution in [-0.4, -0.2) is 130 Å². The molecule has 2 bridgehead atoms. The van der Waals surface area contributed by atoms with Gasteiger partial charge in [-0.25, -0.2) is 16.8 Å². The molecule has 14 nitrogen and oxygen atoms in total. The normalized spacial score (nSPS) is 27.2. The number of piperidine rings is 4. The van der Waals surface area contributed by atoms with Crippen LogP contribution in [0, 0.1) is 11.8 Å². The van der Waals surface area contributed by atoms with Crippen molar-refractivity contribution in [1.82, 2.24) is 29.0 Å². The van der Waals surface area contributed by atoms with Crippen LogP contribution >= 0.6 is 46.3 Å². The minimum Gasteiger partial charge on any atom is -0.340 e. The Morgan fingerprint density at radius 3 is 1.83 bits per heavy atom. The maximum absolute atomic E-state index is 13.5. The molecule has 5 aliphatic heterocycles. The Hall–Kier alpha value is -2.45. The van der Waals surface area contributed by atoms with Crippen molar-refractivity contribution < 1.29 is 36.0 Å². The third kappa shape index (κ3) is 11.1. The minimum atomic E-state index is -3.93. The maximum atomic E-state index is 13.5. The second-order valence-electron chi connectivity index (χ2n) is 14.3. The van der Waals surface area contributed by atoms with Gasteiger partial charge >= 0.3 is 0 Å². The van der Waals surface area contributed by atoms with E-state index in [1.807, 2.05) is 6.08 Å². The first-order valence-corrected chi connectivity index (χ1v) is 23.5. The lowest BCUT2D eigenvalue weighted by atomic mass is 9.84. The van der Waals surface area contributed by atoms with Gasteiger partial charge in [-0.1, -0.05) is 35.4 Å². The molecule has 4 amide bonds. The highest BCUT2D eigenvalue weighted by molar-refractivity contribution is 8.05. The van der Waals surface area contributed by atoms with Crippen molar-refractivity contribution in [3.63, 3.8) is 0 Å². The molecule has 4 fully saturated rings. The summed E-state index contributed by atoms with van der Waals surface area (Å²) in [7, 11) is -7.82. The molecule has 0 saturated carbocycles. The van der Waals surface area contributed by atoms with Gasteiger partial charge in [0.05, 0.1) is 21.8 Å². The first-order valence-electron chi connectivity index (χ1n) is 17.9. The number of allylic oxidation sites excluding steroid dienone is 1. The Kier molecular flexibility index (Phi) is 13.6. The SMILES string of the molecule is O=C(CN1CCCC(NS(=O)(=O)/C=C/c2ccc(Cl)s2)C1=O)N1CC2CC(C1)CN(C(=O)CN1CCC[C@H](NS(=O)(=O)/C=C/C3CCC=C(Cl)S3)C1=O)C2. The zero-order valence-corrected chi connectivity index (χ0v) is 34.3. The molecule has 54 heavy (non-hydrogen) atoms. The van der Waals surface area contributed by atoms with Gasteiger partial charge in [0.2, 0.25) is 43.7 Å². The fourth-order valence-electron chi connectivity index (χ4n) is 7.62. The van der Waals surface area contributed by atoms with Crippen LogP contribution in [0.5, 0.6) is 0 Å². The molecule has 0 radical (unpaired) electrons. The summed E-state index contributed by atoms with van der Waals surface area (Å²) in [6.45, 7) is 2.04. The zero-order valence-electron chi connectivity index (χ0n) is 29.5. The fraction of sp³-hybridized carbons (Fsp3) is 0.588. The number of amides is 4. The number of rotatable bonds is 12. The average molecular weight is 864 g/mol. The molecule has 5 aliphatic rings. The molecule has 296 valence electrons. The van der Waals surface area contributed by atoms with Crippen LogP contribution < -0.4 is 9.44 Å². The predicted octanol–water partition coefficient (Wildman–Crippen LogP) is 2.99. The third-order valence-electron chi connectivity index (χ3n) is 10.1. The van der Waals surface area contributed by atoms with E-state index < -0.39 is 43.9 Å². The van der Waals surface area contributed by atoms with Gasteiger partial charge in [-0.2, -0.15) is 9.44 Å². The molecule has 0 aromatic carbocycles. The van der Waals surface area contributed by atoms with E-state index in [0.29, 0.717) is 78.5 Å². The number of sulfonamides is 2. The number of thioether (sulfide) groups is 1. The van der Waals surface area contributed by atoms with Gasteiger partial charge in [0.15, 0.2) is 0 Å². The molecule has 1 aromatic rings. The van der Waals surface area contributed by atoms with Gasteiger partial charge in [-0.3, -0.25) is 19.2 Å². The molecule has 4 unspecified atom stereocenters. The van der Waals surface area contributed by atoms with Crippen LogP contribution in [0.3, 0.4) is 0 Å². The van der Waals surface area contributed by atoms with Gasteiger partial charge in [0.25, 0.3) is 0 Å². The predicted molar refractivity (Wildman–Crippen MR) is 210 cm³/mol. The van der Waals surface area contributed by atoms with E-state index in [4.69, 9.17) is 23.2 Å². The Labute approximate surface area is 334 Å². The number of hydrogen-bond acceptors (Lipinski definition) is 10. The molecule has 20 heteroatoms. The second kappa shape index (κ2) is 17.8. The van der Waals surface area contributed by atoms with Crippen molar-refractivity contribution in [3.8, 4) is 0 Å². The fourth-order valence-corrected chi connectivity index (χ4v) is 12.2. The molecule has 2 N–H and O–H groups in total. The van der Waals surface area contributed by atoms with Gasteiger partial charge in [0.1, 0.15) is 12.1 Å². The lowest BCUT2D eigenvalue weighted by Crippen LogP contribution is -2.59. The summed E-state index contributed by atoms with van der Waals surface area (Å²) < 4.78 is 57.1. The summed E-state index contributed by atoms with van der Waals surface area (Å²) in [4.78, 5) is 60.5. The van der Waals surface area contributed by atoms with Crippen molar-refractivity contribution in [2.45, 2.75) is 62.3 Å². The Bertz CT molecular complexity index is 1910. The minimum absolute atomic E-state index is 0.0168. The quantitative estimate of drug-likeness (QED) is 0.321. The number of nitrogens with zero attached hydrogens (tertiary/aromatic N) is 4. The summed E-state index contributed by atoms with van der Waals surface area (Å²) in [5.74, 6) is -1.29. The Morgan fingerprint density at radius 1 is 0.796 bits per heavy atom. The van der Waals surface area contributed by atoms with Crippen molar-refractivity contribution in [2.75, 3.05) is 52.4 Å². The highest BCUT2D eigenvalue weighted by atomic mass is 35.5. The molecule has 0 spiro atoms. The summed E-state index contributed by atoms with van der Waals surface area (Å²) in [6.07, 6.45) is 9.00. The van der Waals surface area contributed by atoms with Crippen molar-refractivity contribution in [3.05, 3.63) is 48.7 Å². The first kappa shape index (κ1) is 41.2. The number of fused-ring (bicyclic) bond motifs is 2. The number of carbonyl (C=O) groups is 4. The lowest BCUT2D eigenvalue weighted by molar-refractivity contribution is -0.148. The van der Waals surface area contributed by atoms with Crippen molar-refractivity contribution >= 4 is 96.1 Å². The highest BCUT2D eigenvalue weighted by Gasteiger charge is 2.40. The van der Waals surface area contributed by atoms with E-state index in [0.717, 1.165) is 30.1 Å². The maximum Gasteiger partial charge on any atom is 0.242 e. The molecule has 5 atom stereocenters. The van der Waals surface area contributed by atoms with Crippen LogP contribution in [0.1, 0.15) is 49.8 Å². The Morgan fingerprint density at radius 2 is 1.33 bits per heavy atom. The van der Waals surface area contributed by atoms with E-state index in [1.54, 1.807) is 28.0 Å². The highest BCUT2D eigenvalue weighted by Crippen LogP contribution is 2.34. The van der Waals surface area contributed by atoms with Crippen LogP contribution in [0.25, 0.3) is 6.08 Å². The van der Waals surface area contributed by atoms with E-state index in [2.05, 4.69) is 9.44 Å². The number of thiophene rings is 1. The average Bonchev–Trinajstić information content (AvgIpc) is 3.54. The summed E-state index contributed by atoms with van der Waals surface area (Å²) in [5, 5.41) is 2.03. The smallest absolute Gasteiger partial charge is 0.242 e. The number of halogens is 2. The van der Waals surface area contributed by atoms with E-state index in [-0.39, 0.29) is 42.0 Å². The molecule has 1 aromatic heterocycles. The largest absolute Gasteiger partial charge is 0.340 e. The number of likely N-dealkylation sites (tertiary alicyclic amines) is 4. The number of nitrogens with one attached hydrogen (secondary N) is 2. The molecule has 0 aliphatic carbocycles. The molecular weight excluding hydrogens is 820 g/mol. The second-order valence-corrected chi connectivity index (χ2v) is 21.2. The number of hydrogen-bond donors (Lipinski definition) is 2. The van der Waals surface area contributed by atoms with Crippen LogP contribution in [0.2, 0.25) is 4.34 Å². The molecule has 4 saturated heterocycles. The topological polar surface area (TPSA) is 174 Å². The molecular formula is C34H44Cl2N6O8S4. The van der Waals surface area contributed by atoms with Gasteiger partial charge in [-0.05, 0) is 75.0 Å². The van der Waals surface area contributed by atoms with Crippen LogP contribution in [0.15, 0.2) is 39.5 Å². The third-order valence-corrected chi connectivity index (χ3v) is 15.1. The van der Waals surface area contributed by atoms with Crippen molar-refractivity contribution in [1.29, 1.82) is 0 Å². The first-order chi connectivity index (χ1) is 25.6. The van der Waals surface area contributed by atoms with E-state index >= 15 is 0 Å². The van der Waals surface area contributed by atoms with Crippen molar-refractivity contribution in [2.24, 2.45) is 11.8 Å². The van der Waals surface area contributed by atoms with Gasteiger partial charge < -0.3 is 19.6 Å². The zero-order chi connectivity index (χ0) is 38.6. The Balaban J connectivity index is 0.965. The summed E-state index contributed by atoms with van der Waals surface area (Å²) >= 11 is 14.6.